The van der Waals surface area contributed by atoms with E-state index in [2.05, 4.69) is 13.8 Å². The largest absolute Gasteiger partial charge is 0.393 e. The van der Waals surface area contributed by atoms with E-state index >= 15 is 0 Å². The third kappa shape index (κ3) is 2.67. The van der Waals surface area contributed by atoms with E-state index in [9.17, 15) is 9.90 Å². The Hall–Kier alpha value is -0.280. The van der Waals surface area contributed by atoms with Crippen LogP contribution in [0.2, 0.25) is 0 Å². The maximum absolute atomic E-state index is 12.2. The van der Waals surface area contributed by atoms with E-state index in [0.717, 1.165) is 42.9 Å². The van der Waals surface area contributed by atoms with Crippen LogP contribution in [-0.2, 0) is 4.79 Å². The molecule has 1 amide bonds. The van der Waals surface area contributed by atoms with Gasteiger partial charge in [0.05, 0.1) is 6.10 Å². The van der Waals surface area contributed by atoms with Gasteiger partial charge in [0.2, 0.25) is 5.91 Å². The molecule has 0 unspecified atom stereocenters. The summed E-state index contributed by atoms with van der Waals surface area (Å²) in [4.78, 5) is 14.2. The number of halogens is 1. The lowest BCUT2D eigenvalue weighted by Crippen LogP contribution is -2.56. The van der Waals surface area contributed by atoms with Crippen molar-refractivity contribution in [3.63, 3.8) is 0 Å². The Morgan fingerprint density at radius 2 is 1.73 bits per heavy atom. The molecule has 4 fully saturated rings. The van der Waals surface area contributed by atoms with Crippen LogP contribution in [0, 0.1) is 34.5 Å². The number of rotatable bonds is 2. The molecule has 8 atom stereocenters. The number of amides is 1. The Balaban J connectivity index is 1.57. The minimum atomic E-state index is -0.0652. The van der Waals surface area contributed by atoms with Gasteiger partial charge >= 0.3 is 0 Å². The molecule has 4 aliphatic rings. The molecule has 1 N–H and O–H groups in total. The average molecular weight is 382 g/mol. The molecular weight excluding hydrogens is 346 g/mol. The van der Waals surface area contributed by atoms with E-state index in [1.54, 1.807) is 0 Å². The van der Waals surface area contributed by atoms with Crippen molar-refractivity contribution in [3.05, 3.63) is 0 Å². The van der Waals surface area contributed by atoms with E-state index in [4.69, 9.17) is 11.6 Å². The van der Waals surface area contributed by atoms with Gasteiger partial charge in [-0.1, -0.05) is 13.8 Å². The van der Waals surface area contributed by atoms with Crippen LogP contribution in [-0.4, -0.2) is 41.0 Å². The third-order valence-electron chi connectivity index (χ3n) is 9.56. The smallest absolute Gasteiger partial charge is 0.237 e. The molecule has 0 saturated heterocycles. The van der Waals surface area contributed by atoms with Crippen molar-refractivity contribution in [1.82, 2.24) is 4.90 Å². The first-order valence-electron chi connectivity index (χ1n) is 10.8. The zero-order valence-corrected chi connectivity index (χ0v) is 17.5. The standard InChI is InChI=1S/C22H36ClNO2/c1-21-10-8-15(25)12-14(21)4-5-16-17-6-7-19(24(3)20(26)13-23)22(17,2)11-9-18(16)21/h14-19,25H,4-13H2,1-3H3/t14-,15-,16-,17+,18+,19+,21-,22-/m0/s1. The number of carbonyl (C=O) groups excluding carboxylic acids is 1. The summed E-state index contributed by atoms with van der Waals surface area (Å²) < 4.78 is 0. The first-order valence-corrected chi connectivity index (χ1v) is 11.3. The quantitative estimate of drug-likeness (QED) is 0.717. The van der Waals surface area contributed by atoms with Crippen molar-refractivity contribution in [2.24, 2.45) is 34.5 Å². The summed E-state index contributed by atoms with van der Waals surface area (Å²) in [7, 11) is 1.97. The van der Waals surface area contributed by atoms with Gasteiger partial charge in [-0.05, 0) is 92.3 Å². The Labute approximate surface area is 163 Å². The van der Waals surface area contributed by atoms with Crippen molar-refractivity contribution >= 4 is 17.5 Å². The number of carbonyl (C=O) groups is 1. The Bertz CT molecular complexity index is 568. The van der Waals surface area contributed by atoms with Crippen LogP contribution in [0.4, 0.5) is 0 Å². The summed E-state index contributed by atoms with van der Waals surface area (Å²) in [6, 6.07) is 0.360. The lowest BCUT2D eigenvalue weighted by Gasteiger charge is -2.61. The summed E-state index contributed by atoms with van der Waals surface area (Å²) in [5, 5.41) is 10.2. The van der Waals surface area contributed by atoms with Crippen LogP contribution in [0.5, 0.6) is 0 Å². The van der Waals surface area contributed by atoms with Crippen LogP contribution < -0.4 is 0 Å². The Morgan fingerprint density at radius 1 is 1.04 bits per heavy atom. The first-order chi connectivity index (χ1) is 12.3. The lowest BCUT2D eigenvalue weighted by molar-refractivity contribution is -0.140. The Morgan fingerprint density at radius 3 is 2.46 bits per heavy atom. The van der Waals surface area contributed by atoms with Crippen LogP contribution in [0.1, 0.15) is 71.6 Å². The second-order valence-electron chi connectivity index (χ2n) is 10.4. The van der Waals surface area contributed by atoms with Crippen molar-refractivity contribution in [1.29, 1.82) is 0 Å². The van der Waals surface area contributed by atoms with Gasteiger partial charge in [0.1, 0.15) is 5.88 Å². The second-order valence-corrected chi connectivity index (χ2v) is 10.6. The van der Waals surface area contributed by atoms with E-state index in [1.165, 1.54) is 38.5 Å². The summed E-state index contributed by atoms with van der Waals surface area (Å²) in [6.45, 7) is 5.00. The molecule has 3 nitrogen and oxygen atoms in total. The van der Waals surface area contributed by atoms with Crippen molar-refractivity contribution in [2.75, 3.05) is 12.9 Å². The third-order valence-corrected chi connectivity index (χ3v) is 9.79. The van der Waals surface area contributed by atoms with Crippen LogP contribution in [0.3, 0.4) is 0 Å². The zero-order valence-electron chi connectivity index (χ0n) is 16.7. The minimum Gasteiger partial charge on any atom is -0.393 e. The average Bonchev–Trinajstić information content (AvgIpc) is 2.98. The second kappa shape index (κ2) is 6.65. The highest BCUT2D eigenvalue weighted by Gasteiger charge is 2.60. The van der Waals surface area contributed by atoms with Crippen LogP contribution in [0.25, 0.3) is 0 Å². The van der Waals surface area contributed by atoms with Gasteiger partial charge in [-0.2, -0.15) is 0 Å². The molecule has 148 valence electrons. The van der Waals surface area contributed by atoms with E-state index in [1.807, 2.05) is 11.9 Å². The SMILES string of the molecule is CN(C(=O)CCl)[C@@H]1CC[C@@H]2[C@@H]3CC[C@H]4C[C@@H](O)CC[C@]4(C)[C@@H]3CC[C@@]21C. The highest BCUT2D eigenvalue weighted by atomic mass is 35.5. The summed E-state index contributed by atoms with van der Waals surface area (Å²) >= 11 is 5.85. The molecule has 0 spiro atoms. The monoisotopic (exact) mass is 381 g/mol. The normalized spacial score (nSPS) is 50.5. The van der Waals surface area contributed by atoms with E-state index in [0.29, 0.717) is 11.5 Å². The number of hydrogen-bond donors (Lipinski definition) is 1. The van der Waals surface area contributed by atoms with Crippen LogP contribution >= 0.6 is 11.6 Å². The topological polar surface area (TPSA) is 40.5 Å². The summed E-state index contributed by atoms with van der Waals surface area (Å²) in [5.41, 5.74) is 0.689. The summed E-state index contributed by atoms with van der Waals surface area (Å²) in [5.74, 6) is 3.28. The maximum atomic E-state index is 12.2. The number of aliphatic hydroxyl groups excluding tert-OH is 1. The maximum Gasteiger partial charge on any atom is 0.237 e. The minimum absolute atomic E-state index is 0.0652. The molecule has 0 aromatic carbocycles. The molecule has 4 aliphatic carbocycles. The van der Waals surface area contributed by atoms with Gasteiger partial charge in [0.25, 0.3) is 0 Å². The Kier molecular flexibility index (Phi) is 4.88. The lowest BCUT2D eigenvalue weighted by atomic mass is 9.45. The molecule has 0 aromatic heterocycles. The molecule has 0 radical (unpaired) electrons. The zero-order chi connectivity index (χ0) is 18.7. The van der Waals surface area contributed by atoms with Gasteiger partial charge < -0.3 is 10.0 Å². The number of fused-ring (bicyclic) bond motifs is 5. The van der Waals surface area contributed by atoms with Crippen molar-refractivity contribution < 1.29 is 9.90 Å². The molecule has 0 aliphatic heterocycles. The fraction of sp³-hybridized carbons (Fsp3) is 0.955. The molecule has 4 heteroatoms. The summed E-state index contributed by atoms with van der Waals surface area (Å²) in [6.07, 6.45) is 10.7. The molecule has 26 heavy (non-hydrogen) atoms. The van der Waals surface area contributed by atoms with Gasteiger partial charge in [0, 0.05) is 13.1 Å². The van der Waals surface area contributed by atoms with Crippen molar-refractivity contribution in [2.45, 2.75) is 83.8 Å². The predicted octanol–water partition coefficient (Wildman–Crippen LogP) is 4.46. The number of hydrogen-bond acceptors (Lipinski definition) is 2. The fourth-order valence-corrected chi connectivity index (χ4v) is 8.30. The van der Waals surface area contributed by atoms with Gasteiger partial charge in [-0.3, -0.25) is 4.79 Å². The molecule has 0 heterocycles. The van der Waals surface area contributed by atoms with Gasteiger partial charge in [0.15, 0.2) is 0 Å². The highest BCUT2D eigenvalue weighted by molar-refractivity contribution is 6.27. The molecule has 0 aromatic rings. The van der Waals surface area contributed by atoms with Crippen molar-refractivity contribution in [3.8, 4) is 0 Å². The van der Waals surface area contributed by atoms with Crippen LogP contribution in [0.15, 0.2) is 0 Å². The molecule has 4 saturated carbocycles. The van der Waals surface area contributed by atoms with Gasteiger partial charge in [-0.15, -0.1) is 11.6 Å². The molecule has 0 bridgehead atoms. The molecular formula is C22H36ClNO2. The van der Waals surface area contributed by atoms with E-state index < -0.39 is 0 Å². The molecule has 4 rings (SSSR count). The van der Waals surface area contributed by atoms with Gasteiger partial charge in [-0.25, -0.2) is 0 Å². The number of alkyl halides is 1. The fourth-order valence-electron chi connectivity index (χ4n) is 8.11. The number of aliphatic hydroxyl groups is 1. The first kappa shape index (κ1) is 19.1. The number of nitrogens with zero attached hydrogens (tertiary/aromatic N) is 1. The highest BCUT2D eigenvalue weighted by Crippen LogP contribution is 2.66. The predicted molar refractivity (Wildman–Crippen MR) is 105 cm³/mol. The van der Waals surface area contributed by atoms with E-state index in [-0.39, 0.29) is 23.3 Å².